The zero-order valence-electron chi connectivity index (χ0n) is 6.42. The van der Waals surface area contributed by atoms with Gasteiger partial charge in [0, 0.05) is 5.92 Å². The molecule has 0 N–H and O–H groups in total. The maximum Gasteiger partial charge on any atom is 0.0582 e. The lowest BCUT2D eigenvalue weighted by molar-refractivity contribution is 0.104. The highest BCUT2D eigenvalue weighted by Crippen LogP contribution is 2.34. The molecule has 1 heteroatoms. The molecular weight excluding hydrogens is 124 g/mol. The van der Waals surface area contributed by atoms with Crippen molar-refractivity contribution in [3.8, 4) is 0 Å². The van der Waals surface area contributed by atoms with Crippen molar-refractivity contribution in [3.63, 3.8) is 0 Å². The highest BCUT2D eigenvalue weighted by molar-refractivity contribution is 5.01. The van der Waals surface area contributed by atoms with E-state index in [2.05, 4.69) is 19.1 Å². The molecular formula is C9H14O. The molecule has 2 aliphatic rings. The SMILES string of the molecule is CC1OCC2C=CCCC21. The number of allylic oxidation sites excluding steroid dienone is 1. The van der Waals surface area contributed by atoms with Gasteiger partial charge in [-0.3, -0.25) is 0 Å². The minimum Gasteiger partial charge on any atom is -0.378 e. The van der Waals surface area contributed by atoms with Crippen molar-refractivity contribution in [1.29, 1.82) is 0 Å². The third-order valence-electron chi connectivity index (χ3n) is 2.75. The average molecular weight is 138 g/mol. The zero-order valence-corrected chi connectivity index (χ0v) is 6.42. The Hall–Kier alpha value is -0.300. The highest BCUT2D eigenvalue weighted by atomic mass is 16.5. The van der Waals surface area contributed by atoms with Gasteiger partial charge in [-0.05, 0) is 25.7 Å². The lowest BCUT2D eigenvalue weighted by Crippen LogP contribution is -2.18. The van der Waals surface area contributed by atoms with E-state index in [4.69, 9.17) is 4.74 Å². The van der Waals surface area contributed by atoms with Gasteiger partial charge in [0.1, 0.15) is 0 Å². The molecule has 1 nitrogen and oxygen atoms in total. The molecule has 0 saturated carbocycles. The van der Waals surface area contributed by atoms with Crippen molar-refractivity contribution in [2.24, 2.45) is 11.8 Å². The predicted molar refractivity (Wildman–Crippen MR) is 40.8 cm³/mol. The van der Waals surface area contributed by atoms with Crippen LogP contribution in [0.15, 0.2) is 12.2 Å². The van der Waals surface area contributed by atoms with E-state index in [0.29, 0.717) is 6.10 Å². The Kier molecular flexibility index (Phi) is 1.53. The first-order valence-corrected chi connectivity index (χ1v) is 4.16. The largest absolute Gasteiger partial charge is 0.378 e. The van der Waals surface area contributed by atoms with E-state index < -0.39 is 0 Å². The summed E-state index contributed by atoms with van der Waals surface area (Å²) in [5, 5.41) is 0. The van der Waals surface area contributed by atoms with Crippen LogP contribution in [0.4, 0.5) is 0 Å². The molecule has 1 saturated heterocycles. The summed E-state index contributed by atoms with van der Waals surface area (Å²) in [4.78, 5) is 0. The molecule has 1 aliphatic carbocycles. The van der Waals surface area contributed by atoms with Crippen molar-refractivity contribution < 1.29 is 4.74 Å². The Bertz CT molecular complexity index is 151. The molecule has 1 heterocycles. The molecule has 0 aromatic rings. The highest BCUT2D eigenvalue weighted by Gasteiger charge is 2.33. The van der Waals surface area contributed by atoms with Gasteiger partial charge in [-0.15, -0.1) is 0 Å². The average Bonchev–Trinajstić information content (AvgIpc) is 2.34. The molecule has 56 valence electrons. The second-order valence-electron chi connectivity index (χ2n) is 3.37. The van der Waals surface area contributed by atoms with Crippen molar-refractivity contribution in [3.05, 3.63) is 12.2 Å². The Balaban J connectivity index is 2.12. The van der Waals surface area contributed by atoms with Gasteiger partial charge in [0.05, 0.1) is 12.7 Å². The van der Waals surface area contributed by atoms with Crippen LogP contribution in [0.5, 0.6) is 0 Å². The first kappa shape index (κ1) is 6.41. The van der Waals surface area contributed by atoms with Gasteiger partial charge >= 0.3 is 0 Å². The Morgan fingerprint density at radius 1 is 1.50 bits per heavy atom. The van der Waals surface area contributed by atoms with Gasteiger partial charge in [0.25, 0.3) is 0 Å². The molecule has 1 aliphatic heterocycles. The monoisotopic (exact) mass is 138 g/mol. The van der Waals surface area contributed by atoms with E-state index in [9.17, 15) is 0 Å². The molecule has 0 aromatic heterocycles. The van der Waals surface area contributed by atoms with Crippen LogP contribution < -0.4 is 0 Å². The van der Waals surface area contributed by atoms with Gasteiger partial charge in [-0.2, -0.15) is 0 Å². The summed E-state index contributed by atoms with van der Waals surface area (Å²) >= 11 is 0. The fourth-order valence-electron chi connectivity index (χ4n) is 2.06. The van der Waals surface area contributed by atoms with Gasteiger partial charge < -0.3 is 4.74 Å². The fourth-order valence-corrected chi connectivity index (χ4v) is 2.06. The second kappa shape index (κ2) is 2.39. The normalized spacial score (nSPS) is 45.5. The summed E-state index contributed by atoms with van der Waals surface area (Å²) in [6, 6.07) is 0. The maximum absolute atomic E-state index is 5.55. The van der Waals surface area contributed by atoms with Crippen LogP contribution in [-0.4, -0.2) is 12.7 Å². The Morgan fingerprint density at radius 2 is 2.40 bits per heavy atom. The summed E-state index contributed by atoms with van der Waals surface area (Å²) in [6.07, 6.45) is 7.73. The van der Waals surface area contributed by atoms with Crippen molar-refractivity contribution in [2.45, 2.75) is 25.9 Å². The second-order valence-corrected chi connectivity index (χ2v) is 3.37. The van der Waals surface area contributed by atoms with E-state index in [-0.39, 0.29) is 0 Å². The van der Waals surface area contributed by atoms with E-state index in [0.717, 1.165) is 18.4 Å². The van der Waals surface area contributed by atoms with Crippen LogP contribution in [0.3, 0.4) is 0 Å². The van der Waals surface area contributed by atoms with E-state index >= 15 is 0 Å². The summed E-state index contributed by atoms with van der Waals surface area (Å²) in [7, 11) is 0. The lowest BCUT2D eigenvalue weighted by Gasteiger charge is -2.20. The van der Waals surface area contributed by atoms with E-state index in [1.165, 1.54) is 12.8 Å². The first-order valence-electron chi connectivity index (χ1n) is 4.16. The smallest absolute Gasteiger partial charge is 0.0582 e. The molecule has 3 atom stereocenters. The predicted octanol–water partition coefficient (Wildman–Crippen LogP) is 1.99. The number of hydrogen-bond donors (Lipinski definition) is 0. The van der Waals surface area contributed by atoms with Crippen LogP contribution in [-0.2, 0) is 4.74 Å². The van der Waals surface area contributed by atoms with Gasteiger partial charge in [-0.25, -0.2) is 0 Å². The fraction of sp³-hybridized carbons (Fsp3) is 0.778. The number of hydrogen-bond acceptors (Lipinski definition) is 1. The van der Waals surface area contributed by atoms with E-state index in [1.807, 2.05) is 0 Å². The van der Waals surface area contributed by atoms with Crippen LogP contribution >= 0.6 is 0 Å². The minimum absolute atomic E-state index is 0.509. The molecule has 0 bridgehead atoms. The summed E-state index contributed by atoms with van der Waals surface area (Å²) in [6.45, 7) is 3.16. The zero-order chi connectivity index (χ0) is 6.97. The molecule has 0 aromatic carbocycles. The summed E-state index contributed by atoms with van der Waals surface area (Å²) in [5.74, 6) is 1.56. The van der Waals surface area contributed by atoms with Crippen molar-refractivity contribution in [2.75, 3.05) is 6.61 Å². The molecule has 0 amide bonds. The minimum atomic E-state index is 0.509. The Labute approximate surface area is 62.1 Å². The molecule has 0 spiro atoms. The van der Waals surface area contributed by atoms with Crippen molar-refractivity contribution in [1.82, 2.24) is 0 Å². The van der Waals surface area contributed by atoms with Gasteiger partial charge in [0.2, 0.25) is 0 Å². The molecule has 2 rings (SSSR count). The molecule has 3 unspecified atom stereocenters. The van der Waals surface area contributed by atoms with Crippen LogP contribution in [0.1, 0.15) is 19.8 Å². The Morgan fingerprint density at radius 3 is 3.20 bits per heavy atom. The standard InChI is InChI=1S/C9H14O/c1-7-9-5-3-2-4-8(9)6-10-7/h2,4,7-9H,3,5-6H2,1H3. The topological polar surface area (TPSA) is 9.23 Å². The summed E-state index contributed by atoms with van der Waals surface area (Å²) in [5.41, 5.74) is 0. The summed E-state index contributed by atoms with van der Waals surface area (Å²) < 4.78 is 5.55. The third kappa shape index (κ3) is 0.891. The third-order valence-corrected chi connectivity index (χ3v) is 2.75. The lowest BCUT2D eigenvalue weighted by atomic mass is 9.83. The van der Waals surface area contributed by atoms with Crippen LogP contribution in [0, 0.1) is 11.8 Å². The van der Waals surface area contributed by atoms with E-state index in [1.54, 1.807) is 0 Å². The molecule has 1 fully saturated rings. The van der Waals surface area contributed by atoms with Gasteiger partial charge in [0.15, 0.2) is 0 Å². The van der Waals surface area contributed by atoms with Crippen LogP contribution in [0.2, 0.25) is 0 Å². The number of fused-ring (bicyclic) bond motifs is 1. The van der Waals surface area contributed by atoms with Crippen molar-refractivity contribution >= 4 is 0 Å². The first-order chi connectivity index (χ1) is 4.88. The molecule has 10 heavy (non-hydrogen) atoms. The molecule has 0 radical (unpaired) electrons. The number of rotatable bonds is 0. The maximum atomic E-state index is 5.55. The van der Waals surface area contributed by atoms with Gasteiger partial charge in [-0.1, -0.05) is 12.2 Å². The number of ether oxygens (including phenoxy) is 1. The quantitative estimate of drug-likeness (QED) is 0.465. The van der Waals surface area contributed by atoms with Crippen LogP contribution in [0.25, 0.3) is 0 Å².